The Labute approximate surface area is 232 Å². The molecule has 2 bridgehead atoms. The standard InChI is InChI=1S/C30H43ClN6O/c31-24-8-6-22(7-9-24)16-28(35-14-12-25(32)13-15-35)29(38)37-26-10-11-27(37)18-30(17-26,19-36-21-33-20-34-36)23-4-2-1-3-5-23/h6-9,20-21,23,25-28H,1-5,10-19,32H2/t26-,27-,28-/m1/s1. The zero-order valence-electron chi connectivity index (χ0n) is 22.6. The summed E-state index contributed by atoms with van der Waals surface area (Å²) in [5, 5.41) is 5.26. The van der Waals surface area contributed by atoms with Gasteiger partial charge < -0.3 is 10.6 Å². The van der Waals surface area contributed by atoms with Crippen molar-refractivity contribution >= 4 is 17.5 Å². The van der Waals surface area contributed by atoms with Gasteiger partial charge in [-0.15, -0.1) is 0 Å². The molecule has 2 aromatic rings. The van der Waals surface area contributed by atoms with Gasteiger partial charge in [0.05, 0.1) is 6.04 Å². The molecule has 4 heterocycles. The van der Waals surface area contributed by atoms with Crippen LogP contribution >= 0.6 is 11.6 Å². The third-order valence-corrected chi connectivity index (χ3v) is 10.5. The van der Waals surface area contributed by atoms with Gasteiger partial charge in [0.15, 0.2) is 0 Å². The van der Waals surface area contributed by atoms with E-state index in [0.29, 0.717) is 23.9 Å². The lowest BCUT2D eigenvalue weighted by molar-refractivity contribution is -0.146. The Morgan fingerprint density at radius 2 is 1.68 bits per heavy atom. The van der Waals surface area contributed by atoms with E-state index >= 15 is 0 Å². The van der Waals surface area contributed by atoms with Gasteiger partial charge in [0.2, 0.25) is 5.91 Å². The lowest BCUT2D eigenvalue weighted by atomic mass is 9.62. The number of carbonyl (C=O) groups excluding carboxylic acids is 1. The van der Waals surface area contributed by atoms with Gasteiger partial charge in [-0.1, -0.05) is 43.0 Å². The number of hydrogen-bond acceptors (Lipinski definition) is 5. The summed E-state index contributed by atoms with van der Waals surface area (Å²) < 4.78 is 2.06. The first-order chi connectivity index (χ1) is 18.5. The number of benzene rings is 1. The van der Waals surface area contributed by atoms with Gasteiger partial charge in [-0.05, 0) is 86.8 Å². The highest BCUT2D eigenvalue weighted by molar-refractivity contribution is 6.30. The molecule has 2 N–H and O–H groups in total. The zero-order chi connectivity index (χ0) is 26.1. The number of halogens is 1. The lowest BCUT2D eigenvalue weighted by Gasteiger charge is -2.52. The van der Waals surface area contributed by atoms with Gasteiger partial charge in [-0.25, -0.2) is 4.98 Å². The van der Waals surface area contributed by atoms with E-state index in [9.17, 15) is 4.79 Å². The Morgan fingerprint density at radius 3 is 2.32 bits per heavy atom. The third-order valence-electron chi connectivity index (χ3n) is 10.2. The second-order valence-electron chi connectivity index (χ2n) is 12.5. The van der Waals surface area contributed by atoms with Crippen molar-refractivity contribution in [2.75, 3.05) is 13.1 Å². The van der Waals surface area contributed by atoms with Crippen LogP contribution < -0.4 is 5.73 Å². The van der Waals surface area contributed by atoms with Gasteiger partial charge in [-0.3, -0.25) is 14.4 Å². The quantitative estimate of drug-likeness (QED) is 0.553. The molecular formula is C30H43ClN6O. The summed E-state index contributed by atoms with van der Waals surface area (Å²) in [7, 11) is 0. The SMILES string of the molecule is NC1CCN([C@H](Cc2ccc(Cl)cc2)C(=O)N2[C@@H]3CC[C@@H]2CC(Cn2cncn2)(C2CCCCC2)C3)CC1. The molecule has 0 radical (unpaired) electrons. The number of rotatable bonds is 7. The number of piperidine rings is 2. The van der Waals surface area contributed by atoms with Crippen LogP contribution in [0.15, 0.2) is 36.9 Å². The molecule has 1 aliphatic carbocycles. The average molecular weight is 539 g/mol. The molecule has 3 saturated heterocycles. The van der Waals surface area contributed by atoms with Crippen molar-refractivity contribution < 1.29 is 4.79 Å². The molecule has 8 heteroatoms. The van der Waals surface area contributed by atoms with E-state index in [1.165, 1.54) is 37.7 Å². The van der Waals surface area contributed by atoms with E-state index in [-0.39, 0.29) is 17.5 Å². The number of carbonyl (C=O) groups is 1. The van der Waals surface area contributed by atoms with Crippen molar-refractivity contribution in [3.8, 4) is 0 Å². The lowest BCUT2D eigenvalue weighted by Crippen LogP contribution is -2.60. The summed E-state index contributed by atoms with van der Waals surface area (Å²) in [4.78, 5) is 23.5. The fourth-order valence-corrected chi connectivity index (χ4v) is 8.43. The first-order valence-electron chi connectivity index (χ1n) is 14.9. The molecule has 0 unspecified atom stereocenters. The van der Waals surface area contributed by atoms with Crippen LogP contribution in [0.4, 0.5) is 0 Å². The predicted molar refractivity (Wildman–Crippen MR) is 150 cm³/mol. The van der Waals surface area contributed by atoms with Crippen LogP contribution in [0.3, 0.4) is 0 Å². The molecule has 4 aliphatic rings. The van der Waals surface area contributed by atoms with Crippen LogP contribution in [0.25, 0.3) is 0 Å². The molecule has 3 aliphatic heterocycles. The number of fused-ring (bicyclic) bond motifs is 2. The monoisotopic (exact) mass is 538 g/mol. The summed E-state index contributed by atoms with van der Waals surface area (Å²) in [6.45, 7) is 2.73. The van der Waals surface area contributed by atoms with E-state index in [2.05, 4.69) is 36.7 Å². The average Bonchev–Trinajstić information content (AvgIpc) is 3.54. The van der Waals surface area contributed by atoms with Gasteiger partial charge in [-0.2, -0.15) is 5.10 Å². The fourth-order valence-electron chi connectivity index (χ4n) is 8.31. The number of nitrogens with two attached hydrogens (primary N) is 1. The minimum Gasteiger partial charge on any atom is -0.335 e. The fraction of sp³-hybridized carbons (Fsp3) is 0.700. The smallest absolute Gasteiger partial charge is 0.240 e. The van der Waals surface area contributed by atoms with Crippen molar-refractivity contribution in [1.29, 1.82) is 0 Å². The minimum absolute atomic E-state index is 0.135. The number of hydrogen-bond donors (Lipinski definition) is 1. The second kappa shape index (κ2) is 11.3. The van der Waals surface area contributed by atoms with E-state index < -0.39 is 0 Å². The van der Waals surface area contributed by atoms with E-state index in [1.54, 1.807) is 6.33 Å². The van der Waals surface area contributed by atoms with E-state index in [0.717, 1.165) is 69.6 Å². The van der Waals surface area contributed by atoms with E-state index in [1.807, 2.05) is 18.5 Å². The molecule has 1 saturated carbocycles. The topological polar surface area (TPSA) is 80.3 Å². The maximum Gasteiger partial charge on any atom is 0.240 e. The molecule has 1 aromatic heterocycles. The molecule has 7 nitrogen and oxygen atoms in total. The minimum atomic E-state index is -0.135. The highest BCUT2D eigenvalue weighted by atomic mass is 35.5. The Bertz CT molecular complexity index is 1050. The molecule has 206 valence electrons. The number of likely N-dealkylation sites (tertiary alicyclic amines) is 1. The van der Waals surface area contributed by atoms with Crippen molar-refractivity contribution in [2.24, 2.45) is 17.1 Å². The Balaban J connectivity index is 1.25. The highest BCUT2D eigenvalue weighted by Crippen LogP contribution is 2.54. The summed E-state index contributed by atoms with van der Waals surface area (Å²) in [5.41, 5.74) is 7.63. The van der Waals surface area contributed by atoms with Gasteiger partial charge >= 0.3 is 0 Å². The highest BCUT2D eigenvalue weighted by Gasteiger charge is 2.54. The van der Waals surface area contributed by atoms with E-state index in [4.69, 9.17) is 17.3 Å². The van der Waals surface area contributed by atoms with Gasteiger partial charge in [0.25, 0.3) is 0 Å². The van der Waals surface area contributed by atoms with Crippen LogP contribution in [-0.2, 0) is 17.8 Å². The van der Waals surface area contributed by atoms with Crippen molar-refractivity contribution in [1.82, 2.24) is 24.6 Å². The van der Waals surface area contributed by atoms with Crippen molar-refractivity contribution in [2.45, 2.75) is 108 Å². The van der Waals surface area contributed by atoms with Gasteiger partial charge in [0, 0.05) is 42.8 Å². The van der Waals surface area contributed by atoms with Crippen LogP contribution in [0.5, 0.6) is 0 Å². The first-order valence-corrected chi connectivity index (χ1v) is 15.3. The van der Waals surface area contributed by atoms with Crippen molar-refractivity contribution in [3.63, 3.8) is 0 Å². The van der Waals surface area contributed by atoms with Crippen LogP contribution in [-0.4, -0.2) is 67.7 Å². The third kappa shape index (κ3) is 5.39. The normalized spacial score (nSPS) is 30.0. The number of nitrogens with zero attached hydrogens (tertiary/aromatic N) is 5. The van der Waals surface area contributed by atoms with Crippen LogP contribution in [0, 0.1) is 11.3 Å². The maximum atomic E-state index is 14.5. The Hall–Kier alpha value is -1.96. The maximum absolute atomic E-state index is 14.5. The molecule has 4 fully saturated rings. The van der Waals surface area contributed by atoms with Crippen LogP contribution in [0.1, 0.15) is 76.2 Å². The molecule has 0 spiro atoms. The Kier molecular flexibility index (Phi) is 7.79. The molecule has 1 aromatic carbocycles. The molecular weight excluding hydrogens is 496 g/mol. The zero-order valence-corrected chi connectivity index (χ0v) is 23.3. The molecule has 1 amide bonds. The van der Waals surface area contributed by atoms with Crippen LogP contribution in [0.2, 0.25) is 5.02 Å². The molecule has 3 atom stereocenters. The predicted octanol–water partition coefficient (Wildman–Crippen LogP) is 4.69. The van der Waals surface area contributed by atoms with Gasteiger partial charge in [0.1, 0.15) is 12.7 Å². The summed E-state index contributed by atoms with van der Waals surface area (Å²) in [6.07, 6.45) is 17.3. The summed E-state index contributed by atoms with van der Waals surface area (Å²) >= 11 is 6.18. The molecule has 6 rings (SSSR count). The summed E-state index contributed by atoms with van der Waals surface area (Å²) in [6, 6.07) is 8.80. The number of amides is 1. The Morgan fingerprint density at radius 1 is 1.00 bits per heavy atom. The van der Waals surface area contributed by atoms with Crippen molar-refractivity contribution in [3.05, 3.63) is 47.5 Å². The summed E-state index contributed by atoms with van der Waals surface area (Å²) in [5.74, 6) is 1.05. The second-order valence-corrected chi connectivity index (χ2v) is 13.0. The largest absolute Gasteiger partial charge is 0.335 e. The molecule has 38 heavy (non-hydrogen) atoms. The number of aromatic nitrogens is 3. The first kappa shape index (κ1) is 26.3.